The van der Waals surface area contributed by atoms with E-state index >= 15 is 0 Å². The first kappa shape index (κ1) is 6.75. The molecule has 0 aliphatic carbocycles. The van der Waals surface area contributed by atoms with Crippen LogP contribution in [0.5, 0.6) is 0 Å². The summed E-state index contributed by atoms with van der Waals surface area (Å²) in [5.41, 5.74) is 0.475. The molecule has 0 fully saturated rings. The number of hydrogen-bond donors (Lipinski definition) is 0. The van der Waals surface area contributed by atoms with E-state index < -0.39 is 5.95 Å². The Bertz CT molecular complexity index is 252. The fourth-order valence-electron chi connectivity index (χ4n) is 0.668. The van der Waals surface area contributed by atoms with Gasteiger partial charge in [0.25, 0.3) is 0 Å². The van der Waals surface area contributed by atoms with Gasteiger partial charge in [-0.1, -0.05) is 0 Å². The van der Waals surface area contributed by atoms with Gasteiger partial charge in [-0.2, -0.15) is 14.8 Å². The van der Waals surface area contributed by atoms with E-state index in [0.717, 1.165) is 4.68 Å². The van der Waals surface area contributed by atoms with Gasteiger partial charge in [-0.3, -0.25) is 0 Å². The first-order chi connectivity index (χ1) is 4.74. The fraction of sp³-hybridized carbons (Fsp3) is 0.333. The number of nitrogens with zero attached hydrogens (tertiary/aromatic N) is 3. The Labute approximate surface area is 57.7 Å². The van der Waals surface area contributed by atoms with Crippen LogP contribution >= 0.6 is 0 Å². The molecule has 0 N–H and O–H groups in total. The zero-order valence-electron chi connectivity index (χ0n) is 5.50. The highest BCUT2D eigenvalue weighted by Crippen LogP contribution is 1.99. The minimum Gasteiger partial charge on any atom is -0.242 e. The molecule has 0 bridgehead atoms. The molecule has 52 valence electrons. The summed E-state index contributed by atoms with van der Waals surface area (Å²) in [6, 6.07) is 3.14. The van der Waals surface area contributed by atoms with Gasteiger partial charge in [0.2, 0.25) is 5.95 Å². The Morgan fingerprint density at radius 1 is 1.90 bits per heavy atom. The Balaban J connectivity index is 2.90. The quantitative estimate of drug-likeness (QED) is 0.572. The van der Waals surface area contributed by atoms with Gasteiger partial charge in [0.05, 0.1) is 18.2 Å². The zero-order chi connectivity index (χ0) is 7.56. The lowest BCUT2D eigenvalue weighted by Gasteiger charge is -1.84. The standard InChI is InChI=1S/C6H6FN3/c1-10-6(7)4-5(9-10)2-3-8/h4H,2H2,1H3. The minimum absolute atomic E-state index is 0.164. The van der Waals surface area contributed by atoms with Crippen molar-refractivity contribution in [2.24, 2.45) is 7.05 Å². The molecule has 0 aliphatic heterocycles. The van der Waals surface area contributed by atoms with Gasteiger partial charge >= 0.3 is 0 Å². The third-order valence-corrected chi connectivity index (χ3v) is 1.13. The molecule has 4 heteroatoms. The summed E-state index contributed by atoms with van der Waals surface area (Å²) >= 11 is 0. The summed E-state index contributed by atoms with van der Waals surface area (Å²) in [4.78, 5) is 0. The second-order valence-electron chi connectivity index (χ2n) is 1.92. The van der Waals surface area contributed by atoms with Gasteiger partial charge in [-0.25, -0.2) is 4.68 Å². The number of hydrogen-bond acceptors (Lipinski definition) is 2. The van der Waals surface area contributed by atoms with E-state index in [1.807, 2.05) is 6.07 Å². The van der Waals surface area contributed by atoms with E-state index in [9.17, 15) is 4.39 Å². The van der Waals surface area contributed by atoms with Crippen LogP contribution in [0.3, 0.4) is 0 Å². The number of aromatic nitrogens is 2. The maximum absolute atomic E-state index is 12.5. The van der Waals surface area contributed by atoms with Crippen LogP contribution in [0.15, 0.2) is 6.07 Å². The lowest BCUT2D eigenvalue weighted by Crippen LogP contribution is -1.93. The van der Waals surface area contributed by atoms with Crippen LogP contribution in [0, 0.1) is 17.3 Å². The molecule has 1 rings (SSSR count). The van der Waals surface area contributed by atoms with E-state index in [-0.39, 0.29) is 6.42 Å². The highest BCUT2D eigenvalue weighted by atomic mass is 19.1. The number of rotatable bonds is 1. The molecule has 1 aromatic rings. The van der Waals surface area contributed by atoms with Gasteiger partial charge in [0.1, 0.15) is 0 Å². The minimum atomic E-state index is -0.412. The Kier molecular flexibility index (Phi) is 1.67. The second-order valence-corrected chi connectivity index (χ2v) is 1.92. The van der Waals surface area contributed by atoms with Crippen molar-refractivity contribution in [2.75, 3.05) is 0 Å². The van der Waals surface area contributed by atoms with Crippen LogP contribution in [-0.2, 0) is 13.5 Å². The number of halogens is 1. The lowest BCUT2D eigenvalue weighted by atomic mass is 10.3. The maximum Gasteiger partial charge on any atom is 0.211 e. The van der Waals surface area contributed by atoms with Crippen molar-refractivity contribution >= 4 is 0 Å². The van der Waals surface area contributed by atoms with Crippen LogP contribution in [0.1, 0.15) is 5.69 Å². The molecule has 0 aliphatic rings. The topological polar surface area (TPSA) is 41.6 Å². The monoisotopic (exact) mass is 139 g/mol. The molecule has 0 atom stereocenters. The van der Waals surface area contributed by atoms with Crippen molar-refractivity contribution in [2.45, 2.75) is 6.42 Å². The van der Waals surface area contributed by atoms with E-state index in [1.165, 1.54) is 13.1 Å². The van der Waals surface area contributed by atoms with Crippen LogP contribution in [0.2, 0.25) is 0 Å². The average molecular weight is 139 g/mol. The molecule has 1 aromatic heterocycles. The third kappa shape index (κ3) is 1.13. The van der Waals surface area contributed by atoms with Crippen LogP contribution in [-0.4, -0.2) is 9.78 Å². The van der Waals surface area contributed by atoms with E-state index in [1.54, 1.807) is 0 Å². The van der Waals surface area contributed by atoms with Gasteiger partial charge in [-0.15, -0.1) is 0 Å². The summed E-state index contributed by atoms with van der Waals surface area (Å²) in [5.74, 6) is -0.412. The summed E-state index contributed by atoms with van der Waals surface area (Å²) < 4.78 is 13.6. The number of nitriles is 1. The van der Waals surface area contributed by atoms with E-state index in [0.29, 0.717) is 5.69 Å². The van der Waals surface area contributed by atoms with Crippen molar-refractivity contribution in [3.8, 4) is 6.07 Å². The van der Waals surface area contributed by atoms with E-state index in [4.69, 9.17) is 5.26 Å². The third-order valence-electron chi connectivity index (χ3n) is 1.13. The predicted octanol–water partition coefficient (Wildman–Crippen LogP) is 0.625. The van der Waals surface area contributed by atoms with Gasteiger partial charge in [0.15, 0.2) is 0 Å². The smallest absolute Gasteiger partial charge is 0.211 e. The van der Waals surface area contributed by atoms with E-state index in [2.05, 4.69) is 5.10 Å². The molecule has 3 nitrogen and oxygen atoms in total. The highest BCUT2D eigenvalue weighted by Gasteiger charge is 2.01. The average Bonchev–Trinajstić information content (AvgIpc) is 2.14. The molecule has 0 saturated carbocycles. The predicted molar refractivity (Wildman–Crippen MR) is 32.5 cm³/mol. The van der Waals surface area contributed by atoms with Crippen LogP contribution in [0.4, 0.5) is 4.39 Å². The summed E-state index contributed by atoms with van der Waals surface area (Å²) in [6.45, 7) is 0. The van der Waals surface area contributed by atoms with Crippen molar-refractivity contribution in [1.82, 2.24) is 9.78 Å². The van der Waals surface area contributed by atoms with Gasteiger partial charge < -0.3 is 0 Å². The number of aryl methyl sites for hydroxylation is 1. The molecule has 0 radical (unpaired) electrons. The molecular formula is C6H6FN3. The van der Waals surface area contributed by atoms with Crippen molar-refractivity contribution in [3.63, 3.8) is 0 Å². The highest BCUT2D eigenvalue weighted by molar-refractivity contribution is 5.05. The molecule has 1 heterocycles. The molecule has 0 saturated heterocycles. The molecule has 0 amide bonds. The largest absolute Gasteiger partial charge is 0.242 e. The lowest BCUT2D eigenvalue weighted by molar-refractivity contribution is 0.503. The molecule has 0 aromatic carbocycles. The fourth-order valence-corrected chi connectivity index (χ4v) is 0.668. The Morgan fingerprint density at radius 2 is 2.60 bits per heavy atom. The molecule has 0 spiro atoms. The Hall–Kier alpha value is -1.37. The summed E-state index contributed by atoms with van der Waals surface area (Å²) in [5, 5.41) is 11.9. The molecule has 10 heavy (non-hydrogen) atoms. The summed E-state index contributed by atoms with van der Waals surface area (Å²) in [6.07, 6.45) is 0.164. The second kappa shape index (κ2) is 2.48. The van der Waals surface area contributed by atoms with Gasteiger partial charge in [-0.05, 0) is 0 Å². The van der Waals surface area contributed by atoms with Gasteiger partial charge in [0, 0.05) is 13.1 Å². The molecule has 0 unspecified atom stereocenters. The first-order valence-electron chi connectivity index (χ1n) is 2.79. The SMILES string of the molecule is Cn1nc(CC#N)cc1F. The van der Waals surface area contributed by atoms with Crippen LogP contribution < -0.4 is 0 Å². The molecular weight excluding hydrogens is 133 g/mol. The summed E-state index contributed by atoms with van der Waals surface area (Å²) in [7, 11) is 1.50. The van der Waals surface area contributed by atoms with Crippen molar-refractivity contribution in [1.29, 1.82) is 5.26 Å². The first-order valence-corrected chi connectivity index (χ1v) is 2.79. The van der Waals surface area contributed by atoms with Crippen molar-refractivity contribution in [3.05, 3.63) is 17.7 Å². The zero-order valence-corrected chi connectivity index (χ0v) is 5.50. The Morgan fingerprint density at radius 3 is 3.00 bits per heavy atom. The maximum atomic E-state index is 12.5. The normalized spacial score (nSPS) is 9.30. The van der Waals surface area contributed by atoms with Crippen LogP contribution in [0.25, 0.3) is 0 Å². The van der Waals surface area contributed by atoms with Crippen molar-refractivity contribution < 1.29 is 4.39 Å².